The number of aliphatic hydroxyl groups is 1. The van der Waals surface area contributed by atoms with Crippen molar-refractivity contribution >= 4 is 27.4 Å². The van der Waals surface area contributed by atoms with Gasteiger partial charge < -0.3 is 10.4 Å². The van der Waals surface area contributed by atoms with Crippen molar-refractivity contribution in [2.45, 2.75) is 11.8 Å². The summed E-state index contributed by atoms with van der Waals surface area (Å²) in [6, 6.07) is 22.3. The van der Waals surface area contributed by atoms with E-state index in [2.05, 4.69) is 10.4 Å². The summed E-state index contributed by atoms with van der Waals surface area (Å²) in [5.41, 5.74) is -1.88. The zero-order valence-electron chi connectivity index (χ0n) is 17.7. The zero-order chi connectivity index (χ0) is 23.9. The molecule has 1 unspecified atom stereocenters. The molecule has 172 valence electrons. The molecule has 0 bridgehead atoms. The van der Waals surface area contributed by atoms with E-state index in [1.165, 1.54) is 53.3 Å². The van der Waals surface area contributed by atoms with Crippen molar-refractivity contribution in [2.24, 2.45) is 0 Å². The average molecular weight is 465 g/mol. The summed E-state index contributed by atoms with van der Waals surface area (Å²) in [5.74, 6) is -0.406. The van der Waals surface area contributed by atoms with Crippen LogP contribution < -0.4 is 5.32 Å². The highest BCUT2D eigenvalue weighted by atomic mass is 19.4. The SMILES string of the molecule is OC(CNc1ccc2ccccc2c1)(c1ccc2c(cnn2-c2ccc(F)cc2)c1)C(F)(F)F. The smallest absolute Gasteiger partial charge is 0.381 e. The molecule has 0 aliphatic heterocycles. The van der Waals surface area contributed by atoms with E-state index >= 15 is 0 Å². The van der Waals surface area contributed by atoms with Gasteiger partial charge in [0.2, 0.25) is 5.60 Å². The minimum atomic E-state index is -4.93. The van der Waals surface area contributed by atoms with Crippen LogP contribution in [-0.4, -0.2) is 27.6 Å². The van der Waals surface area contributed by atoms with Crippen LogP contribution in [-0.2, 0) is 5.60 Å². The van der Waals surface area contributed by atoms with Gasteiger partial charge in [-0.1, -0.05) is 36.4 Å². The molecular formula is C26H19F4N3O. The van der Waals surface area contributed by atoms with E-state index in [1.54, 1.807) is 18.2 Å². The second-order valence-electron chi connectivity index (χ2n) is 8.08. The Hall–Kier alpha value is -3.91. The first-order valence-corrected chi connectivity index (χ1v) is 10.5. The number of aromatic nitrogens is 2. The highest BCUT2D eigenvalue weighted by Gasteiger charge is 2.55. The number of rotatable bonds is 5. The van der Waals surface area contributed by atoms with Crippen molar-refractivity contribution in [3.05, 3.63) is 103 Å². The monoisotopic (exact) mass is 465 g/mol. The molecule has 0 radical (unpaired) electrons. The molecule has 4 aromatic carbocycles. The van der Waals surface area contributed by atoms with E-state index in [1.807, 2.05) is 24.3 Å². The first kappa shape index (κ1) is 21.9. The number of halogens is 4. The van der Waals surface area contributed by atoms with Crippen molar-refractivity contribution in [1.82, 2.24) is 9.78 Å². The lowest BCUT2D eigenvalue weighted by Crippen LogP contribution is -2.47. The van der Waals surface area contributed by atoms with Crippen LogP contribution in [0.25, 0.3) is 27.4 Å². The van der Waals surface area contributed by atoms with E-state index in [0.29, 0.717) is 22.3 Å². The number of benzene rings is 4. The molecule has 1 heterocycles. The Balaban J connectivity index is 1.48. The number of hydrogen-bond acceptors (Lipinski definition) is 3. The van der Waals surface area contributed by atoms with Gasteiger partial charge in [-0.3, -0.25) is 0 Å². The van der Waals surface area contributed by atoms with Gasteiger partial charge in [-0.25, -0.2) is 9.07 Å². The van der Waals surface area contributed by atoms with Crippen molar-refractivity contribution in [3.8, 4) is 5.69 Å². The normalized spacial score (nSPS) is 13.8. The molecule has 0 aliphatic carbocycles. The van der Waals surface area contributed by atoms with Crippen LogP contribution in [0.1, 0.15) is 5.56 Å². The maximum Gasteiger partial charge on any atom is 0.423 e. The maximum absolute atomic E-state index is 14.1. The van der Waals surface area contributed by atoms with Crippen LogP contribution in [0, 0.1) is 5.82 Å². The van der Waals surface area contributed by atoms with Crippen LogP contribution in [0.4, 0.5) is 23.2 Å². The van der Waals surface area contributed by atoms with Gasteiger partial charge in [0.15, 0.2) is 0 Å². The Morgan fingerprint density at radius 3 is 2.29 bits per heavy atom. The largest absolute Gasteiger partial charge is 0.423 e. The van der Waals surface area contributed by atoms with Gasteiger partial charge in [0.1, 0.15) is 5.82 Å². The number of alkyl halides is 3. The lowest BCUT2D eigenvalue weighted by Gasteiger charge is -2.31. The molecule has 0 saturated carbocycles. The summed E-state index contributed by atoms with van der Waals surface area (Å²) in [6.45, 7) is -0.771. The van der Waals surface area contributed by atoms with Crippen LogP contribution in [0.15, 0.2) is 91.1 Å². The Morgan fingerprint density at radius 2 is 1.56 bits per heavy atom. The highest BCUT2D eigenvalue weighted by molar-refractivity contribution is 5.85. The molecule has 34 heavy (non-hydrogen) atoms. The fraction of sp³-hybridized carbons (Fsp3) is 0.115. The molecular weight excluding hydrogens is 446 g/mol. The van der Waals surface area contributed by atoms with Gasteiger partial charge >= 0.3 is 6.18 Å². The Labute approximate surface area is 192 Å². The van der Waals surface area contributed by atoms with E-state index < -0.39 is 24.1 Å². The molecule has 5 aromatic rings. The number of nitrogens with zero attached hydrogens (tertiary/aromatic N) is 2. The van der Waals surface area contributed by atoms with Gasteiger partial charge in [-0.2, -0.15) is 18.3 Å². The number of nitrogens with one attached hydrogen (secondary N) is 1. The summed E-state index contributed by atoms with van der Waals surface area (Å²) in [7, 11) is 0. The molecule has 5 rings (SSSR count). The summed E-state index contributed by atoms with van der Waals surface area (Å²) in [5, 5.41) is 20.1. The van der Waals surface area contributed by atoms with Crippen molar-refractivity contribution in [3.63, 3.8) is 0 Å². The molecule has 2 N–H and O–H groups in total. The minimum absolute atomic E-state index is 0.306. The molecule has 4 nitrogen and oxygen atoms in total. The lowest BCUT2D eigenvalue weighted by atomic mass is 9.91. The summed E-state index contributed by atoms with van der Waals surface area (Å²) in [6.07, 6.45) is -3.52. The number of fused-ring (bicyclic) bond motifs is 2. The topological polar surface area (TPSA) is 50.1 Å². The summed E-state index contributed by atoms with van der Waals surface area (Å²) in [4.78, 5) is 0. The molecule has 0 fully saturated rings. The molecule has 0 spiro atoms. The second-order valence-corrected chi connectivity index (χ2v) is 8.08. The molecule has 0 aliphatic rings. The standard InChI is InChI=1S/C26H19F4N3O/c27-21-7-10-23(11-8-21)33-24-12-6-20(13-19(24)15-32-33)25(34,26(28,29)30)16-31-22-9-5-17-3-1-2-4-18(17)14-22/h1-15,31,34H,16H2. The first-order chi connectivity index (χ1) is 16.2. The molecule has 0 saturated heterocycles. The molecule has 0 amide bonds. The lowest BCUT2D eigenvalue weighted by molar-refractivity contribution is -0.260. The third-order valence-electron chi connectivity index (χ3n) is 5.88. The first-order valence-electron chi connectivity index (χ1n) is 10.5. The van der Waals surface area contributed by atoms with Crippen molar-refractivity contribution in [2.75, 3.05) is 11.9 Å². The average Bonchev–Trinajstić information content (AvgIpc) is 3.25. The molecule has 1 atom stereocenters. The summed E-state index contributed by atoms with van der Waals surface area (Å²) < 4.78 is 57.1. The van der Waals surface area contributed by atoms with Gasteiger partial charge in [-0.15, -0.1) is 0 Å². The quantitative estimate of drug-likeness (QED) is 0.305. The van der Waals surface area contributed by atoms with Crippen LogP contribution >= 0.6 is 0 Å². The Morgan fingerprint density at radius 1 is 0.824 bits per heavy atom. The Bertz CT molecular complexity index is 1480. The second kappa shape index (κ2) is 8.14. The Kier molecular flexibility index (Phi) is 5.25. The predicted octanol–water partition coefficient (Wildman–Crippen LogP) is 6.18. The van der Waals surface area contributed by atoms with E-state index in [0.717, 1.165) is 10.8 Å². The maximum atomic E-state index is 14.1. The van der Waals surface area contributed by atoms with Crippen LogP contribution in [0.3, 0.4) is 0 Å². The number of hydrogen-bond donors (Lipinski definition) is 2. The zero-order valence-corrected chi connectivity index (χ0v) is 17.7. The van der Waals surface area contributed by atoms with Gasteiger partial charge in [0.05, 0.1) is 23.9 Å². The third-order valence-corrected chi connectivity index (χ3v) is 5.88. The fourth-order valence-corrected chi connectivity index (χ4v) is 3.97. The van der Waals surface area contributed by atoms with E-state index in [-0.39, 0.29) is 5.56 Å². The predicted molar refractivity (Wildman–Crippen MR) is 123 cm³/mol. The third kappa shape index (κ3) is 3.86. The molecule has 8 heteroatoms. The highest BCUT2D eigenvalue weighted by Crippen LogP contribution is 2.40. The van der Waals surface area contributed by atoms with Gasteiger partial charge in [-0.05, 0) is 64.9 Å². The van der Waals surface area contributed by atoms with Crippen molar-refractivity contribution < 1.29 is 22.7 Å². The van der Waals surface area contributed by atoms with Gasteiger partial charge in [0.25, 0.3) is 0 Å². The van der Waals surface area contributed by atoms with Gasteiger partial charge in [0, 0.05) is 11.1 Å². The van der Waals surface area contributed by atoms with Crippen molar-refractivity contribution in [1.29, 1.82) is 0 Å². The van der Waals surface area contributed by atoms with E-state index in [4.69, 9.17) is 0 Å². The minimum Gasteiger partial charge on any atom is -0.381 e. The number of anilines is 1. The van der Waals surface area contributed by atoms with E-state index in [9.17, 15) is 22.7 Å². The molecule has 1 aromatic heterocycles. The fourth-order valence-electron chi connectivity index (χ4n) is 3.97. The van der Waals surface area contributed by atoms with Crippen LogP contribution in [0.5, 0.6) is 0 Å². The summed E-state index contributed by atoms with van der Waals surface area (Å²) >= 11 is 0. The van der Waals surface area contributed by atoms with Crippen LogP contribution in [0.2, 0.25) is 0 Å².